The highest BCUT2D eigenvalue weighted by Crippen LogP contribution is 2.47. The van der Waals surface area contributed by atoms with Crippen molar-refractivity contribution in [1.82, 2.24) is 9.88 Å². The molecule has 2 fully saturated rings. The number of likely N-dealkylation sites (tertiary alicyclic amines) is 1. The molecule has 4 heteroatoms. The molecule has 0 atom stereocenters. The van der Waals surface area contributed by atoms with Gasteiger partial charge in [0.25, 0.3) is 0 Å². The molecule has 2 aliphatic rings. The summed E-state index contributed by atoms with van der Waals surface area (Å²) in [6, 6.07) is 4.36. The fraction of sp³-hybridized carbons (Fsp3) is 0.700. The maximum atomic E-state index is 10.9. The first-order chi connectivity index (χ1) is 11.6. The molecule has 2 heterocycles. The van der Waals surface area contributed by atoms with Gasteiger partial charge in [0.1, 0.15) is 0 Å². The Morgan fingerprint density at radius 3 is 2.50 bits per heavy atom. The number of aliphatic carboxylic acids is 1. The molecule has 1 saturated carbocycles. The van der Waals surface area contributed by atoms with Gasteiger partial charge in [0.05, 0.1) is 5.69 Å². The molecule has 0 amide bonds. The quantitative estimate of drug-likeness (QED) is 0.890. The normalized spacial score (nSPS) is 21.9. The lowest BCUT2D eigenvalue weighted by Gasteiger charge is -2.46. The van der Waals surface area contributed by atoms with Crippen LogP contribution >= 0.6 is 0 Å². The van der Waals surface area contributed by atoms with Gasteiger partial charge >= 0.3 is 5.97 Å². The average molecular weight is 330 g/mol. The van der Waals surface area contributed by atoms with Gasteiger partial charge in [-0.3, -0.25) is 14.7 Å². The van der Waals surface area contributed by atoms with Gasteiger partial charge in [-0.25, -0.2) is 0 Å². The number of carboxylic acid groups (broad SMARTS) is 1. The molecule has 1 aliphatic carbocycles. The van der Waals surface area contributed by atoms with Crippen LogP contribution in [0.25, 0.3) is 0 Å². The van der Waals surface area contributed by atoms with Gasteiger partial charge in [-0.05, 0) is 81.0 Å². The molecule has 1 N–H and O–H groups in total. The van der Waals surface area contributed by atoms with E-state index >= 15 is 0 Å². The molecule has 3 rings (SSSR count). The zero-order valence-electron chi connectivity index (χ0n) is 14.8. The van der Waals surface area contributed by atoms with E-state index in [1.807, 2.05) is 6.20 Å². The minimum atomic E-state index is -0.632. The van der Waals surface area contributed by atoms with Crippen molar-refractivity contribution in [3.8, 4) is 0 Å². The van der Waals surface area contributed by atoms with E-state index in [-0.39, 0.29) is 0 Å². The van der Waals surface area contributed by atoms with Gasteiger partial charge in [0.2, 0.25) is 0 Å². The molecule has 0 aromatic carbocycles. The summed E-state index contributed by atoms with van der Waals surface area (Å²) < 4.78 is 0. The third kappa shape index (κ3) is 4.35. The first-order valence-electron chi connectivity index (χ1n) is 9.46. The number of nitrogens with zero attached hydrogens (tertiary/aromatic N) is 2. The highest BCUT2D eigenvalue weighted by Gasteiger charge is 2.38. The molecule has 1 spiro atoms. The summed E-state index contributed by atoms with van der Waals surface area (Å²) in [5, 5.41) is 8.96. The molecule has 1 aromatic heterocycles. The number of pyridine rings is 1. The summed E-state index contributed by atoms with van der Waals surface area (Å²) in [6.45, 7) is 5.43. The van der Waals surface area contributed by atoms with E-state index in [4.69, 9.17) is 5.11 Å². The Morgan fingerprint density at radius 2 is 1.96 bits per heavy atom. The second-order valence-corrected chi connectivity index (χ2v) is 7.83. The zero-order valence-corrected chi connectivity index (χ0v) is 14.8. The van der Waals surface area contributed by atoms with Gasteiger partial charge in [-0.15, -0.1) is 0 Å². The molecule has 24 heavy (non-hydrogen) atoms. The molecule has 1 saturated heterocycles. The van der Waals surface area contributed by atoms with Crippen LogP contribution in [0.3, 0.4) is 0 Å². The van der Waals surface area contributed by atoms with Gasteiger partial charge in [-0.2, -0.15) is 0 Å². The molecule has 1 aromatic rings. The average Bonchev–Trinajstić information content (AvgIpc) is 2.60. The summed E-state index contributed by atoms with van der Waals surface area (Å²) in [6.07, 6.45) is 10.6. The van der Waals surface area contributed by atoms with E-state index < -0.39 is 5.97 Å². The topological polar surface area (TPSA) is 53.4 Å². The van der Waals surface area contributed by atoms with Crippen LogP contribution in [-0.4, -0.2) is 34.0 Å². The first-order valence-corrected chi connectivity index (χ1v) is 9.46. The van der Waals surface area contributed by atoms with Gasteiger partial charge < -0.3 is 5.11 Å². The molecular weight excluding hydrogens is 300 g/mol. The Labute approximate surface area is 145 Å². The second-order valence-electron chi connectivity index (χ2n) is 7.83. The molecule has 132 valence electrons. The van der Waals surface area contributed by atoms with E-state index in [2.05, 4.69) is 28.9 Å². The SMILES string of the molecule is CCc1ccc(CN2CCC3(CCC(CC(=O)O)CC3)CC2)nc1. The van der Waals surface area contributed by atoms with Crippen LogP contribution in [-0.2, 0) is 17.8 Å². The van der Waals surface area contributed by atoms with Gasteiger partial charge in [0.15, 0.2) is 0 Å². The molecule has 0 bridgehead atoms. The highest BCUT2D eigenvalue weighted by molar-refractivity contribution is 5.67. The van der Waals surface area contributed by atoms with Crippen LogP contribution in [0, 0.1) is 11.3 Å². The molecule has 0 radical (unpaired) electrons. The Balaban J connectivity index is 1.46. The third-order valence-electron chi connectivity index (χ3n) is 6.23. The molecule has 0 unspecified atom stereocenters. The maximum Gasteiger partial charge on any atom is 0.303 e. The Kier molecular flexibility index (Phi) is 5.54. The number of hydrogen-bond acceptors (Lipinski definition) is 3. The largest absolute Gasteiger partial charge is 0.481 e. The lowest BCUT2D eigenvalue weighted by molar-refractivity contribution is -0.138. The zero-order chi connectivity index (χ0) is 17.0. The number of carboxylic acids is 1. The summed E-state index contributed by atoms with van der Waals surface area (Å²) in [4.78, 5) is 18.0. The number of hydrogen-bond donors (Lipinski definition) is 1. The van der Waals surface area contributed by atoms with Crippen LogP contribution in [0.4, 0.5) is 0 Å². The molecule has 1 aliphatic heterocycles. The number of aryl methyl sites for hydroxylation is 1. The lowest BCUT2D eigenvalue weighted by Crippen LogP contribution is -2.41. The van der Waals surface area contributed by atoms with Crippen molar-refractivity contribution < 1.29 is 9.90 Å². The van der Waals surface area contributed by atoms with E-state index in [1.54, 1.807) is 0 Å². The predicted molar refractivity (Wildman–Crippen MR) is 94.8 cm³/mol. The monoisotopic (exact) mass is 330 g/mol. The van der Waals surface area contributed by atoms with E-state index in [9.17, 15) is 4.79 Å². The van der Waals surface area contributed by atoms with Crippen molar-refractivity contribution in [2.75, 3.05) is 13.1 Å². The van der Waals surface area contributed by atoms with Crippen LogP contribution in [0.2, 0.25) is 0 Å². The van der Waals surface area contributed by atoms with Crippen LogP contribution < -0.4 is 0 Å². The highest BCUT2D eigenvalue weighted by atomic mass is 16.4. The number of aromatic nitrogens is 1. The minimum absolute atomic E-state index is 0.363. The van der Waals surface area contributed by atoms with Crippen LogP contribution in [0.5, 0.6) is 0 Å². The first kappa shape index (κ1) is 17.4. The Hall–Kier alpha value is -1.42. The van der Waals surface area contributed by atoms with Crippen molar-refractivity contribution in [2.45, 2.75) is 64.8 Å². The van der Waals surface area contributed by atoms with Crippen LogP contribution in [0.1, 0.15) is 63.1 Å². The van der Waals surface area contributed by atoms with Crippen LogP contribution in [0.15, 0.2) is 18.3 Å². The lowest BCUT2D eigenvalue weighted by atomic mass is 9.65. The van der Waals surface area contributed by atoms with Crippen molar-refractivity contribution >= 4 is 5.97 Å². The van der Waals surface area contributed by atoms with E-state index in [0.717, 1.165) is 38.9 Å². The maximum absolute atomic E-state index is 10.9. The van der Waals surface area contributed by atoms with Gasteiger partial charge in [0, 0.05) is 19.2 Å². The smallest absolute Gasteiger partial charge is 0.303 e. The third-order valence-corrected chi connectivity index (χ3v) is 6.23. The Bertz CT molecular complexity index is 537. The fourth-order valence-corrected chi connectivity index (χ4v) is 4.41. The number of piperidine rings is 1. The Morgan fingerprint density at radius 1 is 1.25 bits per heavy atom. The number of rotatable bonds is 5. The fourth-order valence-electron chi connectivity index (χ4n) is 4.41. The van der Waals surface area contributed by atoms with E-state index in [0.29, 0.717) is 17.8 Å². The van der Waals surface area contributed by atoms with E-state index in [1.165, 1.54) is 36.9 Å². The summed E-state index contributed by atoms with van der Waals surface area (Å²) in [5.74, 6) is -0.222. The molecule has 4 nitrogen and oxygen atoms in total. The number of carbonyl (C=O) groups is 1. The summed E-state index contributed by atoms with van der Waals surface area (Å²) >= 11 is 0. The van der Waals surface area contributed by atoms with Crippen molar-refractivity contribution in [2.24, 2.45) is 11.3 Å². The van der Waals surface area contributed by atoms with Crippen molar-refractivity contribution in [3.05, 3.63) is 29.6 Å². The second kappa shape index (κ2) is 7.64. The predicted octanol–water partition coefficient (Wildman–Crippen LogP) is 3.89. The molecular formula is C20H30N2O2. The van der Waals surface area contributed by atoms with Gasteiger partial charge in [-0.1, -0.05) is 13.0 Å². The van der Waals surface area contributed by atoms with Crippen molar-refractivity contribution in [3.63, 3.8) is 0 Å². The summed E-state index contributed by atoms with van der Waals surface area (Å²) in [5.41, 5.74) is 2.97. The standard InChI is InChI=1S/C20H30N2O2/c1-2-16-3-4-18(21-14-16)15-22-11-9-20(10-12-22)7-5-17(6-8-20)13-19(23)24/h3-4,14,17H,2,5-13,15H2,1H3,(H,23,24). The summed E-state index contributed by atoms with van der Waals surface area (Å²) in [7, 11) is 0. The van der Waals surface area contributed by atoms with Crippen molar-refractivity contribution in [1.29, 1.82) is 0 Å². The minimum Gasteiger partial charge on any atom is -0.481 e.